The van der Waals surface area contributed by atoms with E-state index in [-0.39, 0.29) is 24.3 Å². The number of aromatic nitrogens is 1. The number of rotatable bonds is 6. The minimum absolute atomic E-state index is 0.148. The smallest absolute Gasteiger partial charge is 0.228 e. The van der Waals surface area contributed by atoms with Crippen molar-refractivity contribution in [2.45, 2.75) is 26.3 Å². The Morgan fingerprint density at radius 2 is 1.96 bits per heavy atom. The molecule has 0 bridgehead atoms. The highest BCUT2D eigenvalue weighted by Crippen LogP contribution is 2.31. The lowest BCUT2D eigenvalue weighted by molar-refractivity contribution is -0.120. The van der Waals surface area contributed by atoms with Crippen molar-refractivity contribution in [3.05, 3.63) is 56.6 Å². The number of thiophene rings is 1. The molecule has 0 radical (unpaired) electrons. The highest BCUT2D eigenvalue weighted by molar-refractivity contribution is 7.16. The van der Waals surface area contributed by atoms with E-state index < -0.39 is 0 Å². The predicted octanol–water partition coefficient (Wildman–Crippen LogP) is 5.04. The molecule has 0 unspecified atom stereocenters. The largest absolute Gasteiger partial charge is 0.348 e. The van der Waals surface area contributed by atoms with Gasteiger partial charge in [0.1, 0.15) is 0 Å². The summed E-state index contributed by atoms with van der Waals surface area (Å²) in [4.78, 5) is 30.4. The van der Waals surface area contributed by atoms with Crippen LogP contribution in [0.1, 0.15) is 29.1 Å². The van der Waals surface area contributed by atoms with E-state index in [0.717, 1.165) is 21.0 Å². The van der Waals surface area contributed by atoms with Crippen molar-refractivity contribution in [3.8, 4) is 11.3 Å². The molecule has 3 aromatic rings. The summed E-state index contributed by atoms with van der Waals surface area (Å²) in [5.41, 5.74) is 1.77. The molecule has 2 aromatic heterocycles. The van der Waals surface area contributed by atoms with Gasteiger partial charge < -0.3 is 10.6 Å². The maximum absolute atomic E-state index is 12.5. The van der Waals surface area contributed by atoms with E-state index in [9.17, 15) is 9.59 Å². The number of hydrogen-bond donors (Lipinski definition) is 2. The van der Waals surface area contributed by atoms with E-state index in [0.29, 0.717) is 10.2 Å². The first-order valence-corrected chi connectivity index (χ1v) is 10.3. The van der Waals surface area contributed by atoms with E-state index in [1.807, 2.05) is 48.7 Å². The van der Waals surface area contributed by atoms with Crippen molar-refractivity contribution >= 4 is 51.2 Å². The average molecular weight is 420 g/mol. The van der Waals surface area contributed by atoms with Crippen LogP contribution in [0.4, 0.5) is 5.13 Å². The van der Waals surface area contributed by atoms with Gasteiger partial charge in [0, 0.05) is 27.3 Å². The number of amides is 2. The zero-order chi connectivity index (χ0) is 19.4. The van der Waals surface area contributed by atoms with Crippen LogP contribution in [0, 0.1) is 6.92 Å². The van der Waals surface area contributed by atoms with E-state index >= 15 is 0 Å². The maximum atomic E-state index is 12.5. The van der Waals surface area contributed by atoms with Crippen molar-refractivity contribution in [2.75, 3.05) is 5.32 Å². The third kappa shape index (κ3) is 5.15. The molecule has 0 saturated heterocycles. The second-order valence-corrected chi connectivity index (χ2v) is 8.57. The molecule has 140 valence electrons. The fourth-order valence-corrected chi connectivity index (χ4v) is 4.39. The van der Waals surface area contributed by atoms with Crippen molar-refractivity contribution in [1.29, 1.82) is 0 Å². The molecule has 2 N–H and O–H groups in total. The van der Waals surface area contributed by atoms with Crippen LogP contribution < -0.4 is 10.6 Å². The third-order valence-electron chi connectivity index (χ3n) is 3.81. The van der Waals surface area contributed by atoms with Gasteiger partial charge in [-0.1, -0.05) is 29.8 Å². The number of thiazole rings is 1. The summed E-state index contributed by atoms with van der Waals surface area (Å²) in [6.07, 6.45) is 0.148. The van der Waals surface area contributed by atoms with Gasteiger partial charge in [-0.15, -0.1) is 22.7 Å². The number of nitrogens with one attached hydrogen (secondary N) is 2. The van der Waals surface area contributed by atoms with Gasteiger partial charge >= 0.3 is 0 Å². The molecular formula is C19H18ClN3O2S2. The molecule has 0 saturated carbocycles. The SMILES string of the molecule is CC(=O)N[C@@H](CC(=O)Nc1nc(-c2ccc(Cl)cc2)c(C)s1)c1cccs1. The summed E-state index contributed by atoms with van der Waals surface area (Å²) in [6, 6.07) is 10.9. The fourth-order valence-electron chi connectivity index (χ4n) is 2.64. The Labute approximate surface area is 170 Å². The standard InChI is InChI=1S/C19H18ClN3O2S2/c1-11-18(13-5-7-14(20)8-6-13)23-19(27-11)22-17(25)10-15(21-12(2)24)16-4-3-9-26-16/h3-9,15H,10H2,1-2H3,(H,21,24)(H,22,23,25)/t15-/m0/s1. The summed E-state index contributed by atoms with van der Waals surface area (Å²) < 4.78 is 0. The molecule has 27 heavy (non-hydrogen) atoms. The molecule has 0 aliphatic carbocycles. The Morgan fingerprint density at radius 1 is 1.22 bits per heavy atom. The van der Waals surface area contributed by atoms with Crippen molar-refractivity contribution in [3.63, 3.8) is 0 Å². The minimum atomic E-state index is -0.348. The maximum Gasteiger partial charge on any atom is 0.228 e. The van der Waals surface area contributed by atoms with Gasteiger partial charge in [-0.3, -0.25) is 9.59 Å². The Hall–Kier alpha value is -2.22. The lowest BCUT2D eigenvalue weighted by Crippen LogP contribution is -2.29. The molecule has 0 aliphatic heterocycles. The number of carbonyl (C=O) groups is 2. The zero-order valence-electron chi connectivity index (χ0n) is 14.8. The Morgan fingerprint density at radius 3 is 2.59 bits per heavy atom. The number of anilines is 1. The van der Waals surface area contributed by atoms with E-state index in [1.165, 1.54) is 29.6 Å². The van der Waals surface area contributed by atoms with Crippen LogP contribution in [-0.2, 0) is 9.59 Å². The van der Waals surface area contributed by atoms with Crippen LogP contribution in [0.2, 0.25) is 5.02 Å². The number of hydrogen-bond acceptors (Lipinski definition) is 5. The fraction of sp³-hybridized carbons (Fsp3) is 0.211. The van der Waals surface area contributed by atoms with Crippen molar-refractivity contribution in [1.82, 2.24) is 10.3 Å². The van der Waals surface area contributed by atoms with Gasteiger partial charge in [0.25, 0.3) is 0 Å². The lowest BCUT2D eigenvalue weighted by Gasteiger charge is -2.15. The molecular weight excluding hydrogens is 402 g/mol. The molecule has 0 fully saturated rings. The lowest BCUT2D eigenvalue weighted by atomic mass is 10.1. The molecule has 1 atom stereocenters. The Balaban J connectivity index is 1.71. The Bertz CT molecular complexity index is 937. The van der Waals surface area contributed by atoms with Gasteiger partial charge in [-0.05, 0) is 30.5 Å². The molecule has 2 heterocycles. The van der Waals surface area contributed by atoms with Crippen LogP contribution in [0.15, 0.2) is 41.8 Å². The van der Waals surface area contributed by atoms with Crippen LogP contribution in [0.5, 0.6) is 0 Å². The van der Waals surface area contributed by atoms with Gasteiger partial charge in [0.2, 0.25) is 11.8 Å². The topological polar surface area (TPSA) is 71.1 Å². The molecule has 0 spiro atoms. The molecule has 2 amide bonds. The number of carbonyl (C=O) groups excluding carboxylic acids is 2. The van der Waals surface area contributed by atoms with Crippen molar-refractivity contribution < 1.29 is 9.59 Å². The monoisotopic (exact) mass is 419 g/mol. The number of halogens is 1. The van der Waals surface area contributed by atoms with Crippen molar-refractivity contribution in [2.24, 2.45) is 0 Å². The first-order valence-electron chi connectivity index (χ1n) is 8.26. The van der Waals surface area contributed by atoms with Crippen LogP contribution >= 0.6 is 34.3 Å². The average Bonchev–Trinajstić information content (AvgIpc) is 3.24. The van der Waals surface area contributed by atoms with E-state index in [4.69, 9.17) is 11.6 Å². The highest BCUT2D eigenvalue weighted by atomic mass is 35.5. The summed E-state index contributed by atoms with van der Waals surface area (Å²) in [5, 5.41) is 8.80. The minimum Gasteiger partial charge on any atom is -0.348 e. The first-order chi connectivity index (χ1) is 12.9. The molecule has 0 aliphatic rings. The predicted molar refractivity (Wildman–Crippen MR) is 111 cm³/mol. The molecule has 8 heteroatoms. The highest BCUT2D eigenvalue weighted by Gasteiger charge is 2.19. The Kier molecular flexibility index (Phi) is 6.26. The number of benzene rings is 1. The van der Waals surface area contributed by atoms with Crippen LogP contribution in [-0.4, -0.2) is 16.8 Å². The second kappa shape index (κ2) is 8.65. The van der Waals surface area contributed by atoms with Crippen LogP contribution in [0.3, 0.4) is 0 Å². The quantitative estimate of drug-likeness (QED) is 0.588. The normalized spacial score (nSPS) is 11.8. The van der Waals surface area contributed by atoms with Crippen LogP contribution in [0.25, 0.3) is 11.3 Å². The van der Waals surface area contributed by atoms with Gasteiger partial charge in [-0.2, -0.15) is 0 Å². The summed E-state index contributed by atoms with van der Waals surface area (Å²) in [5.74, 6) is -0.366. The molecule has 1 aromatic carbocycles. The van der Waals surface area contributed by atoms with E-state index in [1.54, 1.807) is 0 Å². The third-order valence-corrected chi connectivity index (χ3v) is 5.94. The summed E-state index contributed by atoms with van der Waals surface area (Å²) >= 11 is 8.86. The zero-order valence-corrected chi connectivity index (χ0v) is 17.2. The number of nitrogens with zero attached hydrogens (tertiary/aromatic N) is 1. The van der Waals surface area contributed by atoms with E-state index in [2.05, 4.69) is 15.6 Å². The second-order valence-electron chi connectivity index (χ2n) is 5.95. The van der Waals surface area contributed by atoms with Gasteiger partial charge in [-0.25, -0.2) is 4.98 Å². The van der Waals surface area contributed by atoms with Gasteiger partial charge in [0.15, 0.2) is 5.13 Å². The molecule has 3 rings (SSSR count). The number of aryl methyl sites for hydroxylation is 1. The van der Waals surface area contributed by atoms with Gasteiger partial charge in [0.05, 0.1) is 18.2 Å². The summed E-state index contributed by atoms with van der Waals surface area (Å²) in [6.45, 7) is 3.41. The summed E-state index contributed by atoms with van der Waals surface area (Å²) in [7, 11) is 0. The molecule has 5 nitrogen and oxygen atoms in total. The first kappa shape index (κ1) is 19.5.